The van der Waals surface area contributed by atoms with Gasteiger partial charge in [-0.25, -0.2) is 0 Å². The molecular weight excluding hydrogens is 322 g/mol. The topological polar surface area (TPSA) is 86.7 Å². The summed E-state index contributed by atoms with van der Waals surface area (Å²) in [5, 5.41) is 8.84. The van der Waals surface area contributed by atoms with Crippen LogP contribution >= 0.6 is 11.8 Å². The van der Waals surface area contributed by atoms with Crippen molar-refractivity contribution in [1.29, 1.82) is 0 Å². The number of para-hydroxylation sites is 1. The molecule has 0 aliphatic carbocycles. The van der Waals surface area contributed by atoms with Crippen LogP contribution in [0.3, 0.4) is 0 Å². The Bertz CT molecular complexity index is 862. The molecule has 0 spiro atoms. The first kappa shape index (κ1) is 16.2. The number of rotatable bonds is 5. The summed E-state index contributed by atoms with van der Waals surface area (Å²) in [6, 6.07) is 11.7. The Labute approximate surface area is 144 Å². The number of aromatic nitrogens is 4. The van der Waals surface area contributed by atoms with Crippen LogP contribution in [0.5, 0.6) is 0 Å². The zero-order valence-corrected chi connectivity index (χ0v) is 14.2. The third kappa shape index (κ3) is 3.16. The Morgan fingerprint density at radius 1 is 1.17 bits per heavy atom. The third-order valence-electron chi connectivity index (χ3n) is 3.61. The van der Waals surface area contributed by atoms with Gasteiger partial charge in [0.1, 0.15) is 0 Å². The van der Waals surface area contributed by atoms with E-state index in [1.165, 1.54) is 11.8 Å². The highest BCUT2D eigenvalue weighted by molar-refractivity contribution is 8.00. The molecule has 0 aliphatic rings. The van der Waals surface area contributed by atoms with E-state index in [0.29, 0.717) is 11.0 Å². The molecule has 122 valence electrons. The van der Waals surface area contributed by atoms with E-state index in [-0.39, 0.29) is 5.91 Å². The molecule has 1 amide bonds. The second-order valence-electron chi connectivity index (χ2n) is 5.33. The Morgan fingerprint density at radius 2 is 1.88 bits per heavy atom. The molecule has 0 fully saturated rings. The van der Waals surface area contributed by atoms with Gasteiger partial charge in [0.25, 0.3) is 0 Å². The van der Waals surface area contributed by atoms with Gasteiger partial charge in [0.05, 0.1) is 10.9 Å². The number of carbonyl (C=O) groups excluding carboxylic acids is 1. The summed E-state index contributed by atoms with van der Waals surface area (Å²) in [6.45, 7) is 3.79. The number of carbonyl (C=O) groups is 1. The zero-order chi connectivity index (χ0) is 17.1. The van der Waals surface area contributed by atoms with E-state index in [0.717, 1.165) is 16.8 Å². The third-order valence-corrected chi connectivity index (χ3v) is 4.67. The first-order chi connectivity index (χ1) is 11.6. The van der Waals surface area contributed by atoms with Crippen molar-refractivity contribution in [2.45, 2.75) is 24.3 Å². The van der Waals surface area contributed by atoms with Gasteiger partial charge in [0, 0.05) is 18.0 Å². The highest BCUT2D eigenvalue weighted by atomic mass is 32.2. The van der Waals surface area contributed by atoms with Crippen LogP contribution in [-0.4, -0.2) is 30.9 Å². The van der Waals surface area contributed by atoms with Crippen LogP contribution in [0.25, 0.3) is 17.1 Å². The van der Waals surface area contributed by atoms with E-state index in [1.807, 2.05) is 47.9 Å². The maximum atomic E-state index is 11.4. The fourth-order valence-electron chi connectivity index (χ4n) is 2.28. The number of pyridine rings is 1. The number of nitrogens with zero attached hydrogens (tertiary/aromatic N) is 4. The van der Waals surface area contributed by atoms with Crippen LogP contribution < -0.4 is 5.73 Å². The monoisotopic (exact) mass is 339 g/mol. The molecule has 2 N–H and O–H groups in total. The number of hydrogen-bond acceptors (Lipinski definition) is 5. The number of amides is 1. The van der Waals surface area contributed by atoms with Crippen molar-refractivity contribution in [2.75, 3.05) is 0 Å². The van der Waals surface area contributed by atoms with Gasteiger partial charge >= 0.3 is 0 Å². The highest BCUT2D eigenvalue weighted by Crippen LogP contribution is 2.30. The molecule has 2 aromatic heterocycles. The van der Waals surface area contributed by atoms with Crippen molar-refractivity contribution < 1.29 is 4.79 Å². The summed E-state index contributed by atoms with van der Waals surface area (Å²) in [7, 11) is 0. The van der Waals surface area contributed by atoms with Crippen molar-refractivity contribution in [3.05, 3.63) is 54.4 Å². The van der Waals surface area contributed by atoms with E-state index in [9.17, 15) is 4.79 Å². The van der Waals surface area contributed by atoms with E-state index in [1.54, 1.807) is 19.3 Å². The van der Waals surface area contributed by atoms with Crippen LogP contribution in [0.15, 0.2) is 53.9 Å². The minimum atomic E-state index is -0.401. The Hall–Kier alpha value is -2.67. The predicted molar refractivity (Wildman–Crippen MR) is 93.8 cm³/mol. The van der Waals surface area contributed by atoms with Crippen LogP contribution in [0.4, 0.5) is 0 Å². The minimum Gasteiger partial charge on any atom is -0.369 e. The summed E-state index contributed by atoms with van der Waals surface area (Å²) in [4.78, 5) is 15.5. The van der Waals surface area contributed by atoms with Crippen LogP contribution in [-0.2, 0) is 4.79 Å². The fraction of sp³-hybridized carbons (Fsp3) is 0.176. The van der Waals surface area contributed by atoms with Crippen molar-refractivity contribution in [3.8, 4) is 17.1 Å². The molecule has 0 saturated heterocycles. The Morgan fingerprint density at radius 3 is 2.54 bits per heavy atom. The molecule has 1 aromatic carbocycles. The molecule has 24 heavy (non-hydrogen) atoms. The number of thioether (sulfide) groups is 1. The first-order valence-corrected chi connectivity index (χ1v) is 8.33. The number of benzene rings is 1. The standard InChI is InChI=1S/C17H17N5OS/c1-11-5-3-4-6-14(11)22-16(13-7-9-19-10-8-13)20-21-17(22)24-12(2)15(18)23/h3-10,12H,1-2H3,(H2,18,23)/t12-/m1/s1. The molecule has 0 unspecified atom stereocenters. The van der Waals surface area contributed by atoms with E-state index in [2.05, 4.69) is 15.2 Å². The van der Waals surface area contributed by atoms with Gasteiger partial charge in [-0.1, -0.05) is 30.0 Å². The number of aryl methyl sites for hydroxylation is 1. The van der Waals surface area contributed by atoms with Gasteiger partial charge in [-0.3, -0.25) is 14.3 Å². The van der Waals surface area contributed by atoms with Crippen LogP contribution in [0.2, 0.25) is 0 Å². The molecule has 0 saturated carbocycles. The average molecular weight is 339 g/mol. The molecule has 6 nitrogen and oxygen atoms in total. The quantitative estimate of drug-likeness (QED) is 0.722. The number of nitrogens with two attached hydrogens (primary N) is 1. The maximum absolute atomic E-state index is 11.4. The van der Waals surface area contributed by atoms with Crippen LogP contribution in [0, 0.1) is 6.92 Å². The molecule has 2 heterocycles. The Kier molecular flexibility index (Phi) is 4.61. The molecule has 0 aliphatic heterocycles. The summed E-state index contributed by atoms with van der Waals surface area (Å²) in [5.41, 5.74) is 8.35. The molecule has 0 radical (unpaired) electrons. The van der Waals surface area contributed by atoms with E-state index >= 15 is 0 Å². The molecule has 3 aromatic rings. The summed E-state index contributed by atoms with van der Waals surface area (Å²) >= 11 is 1.30. The zero-order valence-electron chi connectivity index (χ0n) is 13.4. The molecule has 7 heteroatoms. The summed E-state index contributed by atoms with van der Waals surface area (Å²) < 4.78 is 1.95. The van der Waals surface area contributed by atoms with Crippen molar-refractivity contribution in [1.82, 2.24) is 19.7 Å². The smallest absolute Gasteiger partial charge is 0.230 e. The molecule has 1 atom stereocenters. The predicted octanol–water partition coefficient (Wildman–Crippen LogP) is 2.60. The van der Waals surface area contributed by atoms with Gasteiger partial charge in [-0.15, -0.1) is 10.2 Å². The highest BCUT2D eigenvalue weighted by Gasteiger charge is 2.21. The lowest BCUT2D eigenvalue weighted by molar-refractivity contribution is -0.117. The molecular formula is C17H17N5OS. The lowest BCUT2D eigenvalue weighted by Crippen LogP contribution is -2.23. The maximum Gasteiger partial charge on any atom is 0.230 e. The van der Waals surface area contributed by atoms with Gasteiger partial charge in [0.2, 0.25) is 5.91 Å². The summed E-state index contributed by atoms with van der Waals surface area (Å²) in [5.74, 6) is 0.315. The van der Waals surface area contributed by atoms with Crippen molar-refractivity contribution in [3.63, 3.8) is 0 Å². The fourth-order valence-corrected chi connectivity index (χ4v) is 3.09. The van der Waals surface area contributed by atoms with Crippen LogP contribution in [0.1, 0.15) is 12.5 Å². The second kappa shape index (κ2) is 6.84. The van der Waals surface area contributed by atoms with E-state index in [4.69, 9.17) is 5.73 Å². The summed E-state index contributed by atoms with van der Waals surface area (Å²) in [6.07, 6.45) is 3.43. The SMILES string of the molecule is Cc1ccccc1-n1c(S[C@H](C)C(N)=O)nnc1-c1ccncc1. The minimum absolute atomic E-state index is 0.384. The van der Waals surface area contributed by atoms with Gasteiger partial charge in [-0.2, -0.15) is 0 Å². The Balaban J connectivity index is 2.16. The van der Waals surface area contributed by atoms with Crippen molar-refractivity contribution >= 4 is 17.7 Å². The molecule has 3 rings (SSSR count). The van der Waals surface area contributed by atoms with Gasteiger partial charge in [0.15, 0.2) is 11.0 Å². The number of primary amides is 1. The second-order valence-corrected chi connectivity index (χ2v) is 6.63. The first-order valence-electron chi connectivity index (χ1n) is 7.45. The van der Waals surface area contributed by atoms with E-state index < -0.39 is 5.25 Å². The number of hydrogen-bond donors (Lipinski definition) is 1. The largest absolute Gasteiger partial charge is 0.369 e. The van der Waals surface area contributed by atoms with Gasteiger partial charge < -0.3 is 5.73 Å². The normalized spacial score (nSPS) is 12.1. The molecule has 0 bridgehead atoms. The lowest BCUT2D eigenvalue weighted by atomic mass is 10.2. The lowest BCUT2D eigenvalue weighted by Gasteiger charge is -2.14. The average Bonchev–Trinajstić information content (AvgIpc) is 2.99. The van der Waals surface area contributed by atoms with Crippen molar-refractivity contribution in [2.24, 2.45) is 5.73 Å². The van der Waals surface area contributed by atoms with Gasteiger partial charge in [-0.05, 0) is 37.6 Å².